The maximum Gasteiger partial charge on any atom is 0.306 e. The van der Waals surface area contributed by atoms with Crippen molar-refractivity contribution in [2.75, 3.05) is 13.2 Å². The molecular weight excluding hydrogens is 721 g/mol. The third-order valence-electron chi connectivity index (χ3n) is 10.0. The molecule has 0 bridgehead atoms. The van der Waals surface area contributed by atoms with Crippen LogP contribution in [-0.4, -0.2) is 37.2 Å². The Kier molecular flexibility index (Phi) is 44.0. The van der Waals surface area contributed by atoms with Crippen LogP contribution >= 0.6 is 0 Å². The highest BCUT2D eigenvalue weighted by molar-refractivity contribution is 5.71. The number of ether oxygens (including phenoxy) is 3. The molecule has 6 heteroatoms. The summed E-state index contributed by atoms with van der Waals surface area (Å²) in [5.41, 5.74) is 0. The summed E-state index contributed by atoms with van der Waals surface area (Å²) in [6, 6.07) is 0. The van der Waals surface area contributed by atoms with Gasteiger partial charge in [0.25, 0.3) is 0 Å². The largest absolute Gasteiger partial charge is 0.462 e. The maximum atomic E-state index is 12.7. The van der Waals surface area contributed by atoms with E-state index in [-0.39, 0.29) is 31.1 Å². The van der Waals surface area contributed by atoms with E-state index in [2.05, 4.69) is 93.7 Å². The summed E-state index contributed by atoms with van der Waals surface area (Å²) in [5.74, 6) is -0.977. The molecule has 0 saturated heterocycles. The Bertz CT molecular complexity index is 1110. The highest BCUT2D eigenvalue weighted by Crippen LogP contribution is 2.13. The van der Waals surface area contributed by atoms with Gasteiger partial charge in [0.2, 0.25) is 0 Å². The van der Waals surface area contributed by atoms with Gasteiger partial charge in [-0.25, -0.2) is 0 Å². The van der Waals surface area contributed by atoms with E-state index in [9.17, 15) is 14.4 Å². The van der Waals surface area contributed by atoms with Gasteiger partial charge in [-0.2, -0.15) is 0 Å². The van der Waals surface area contributed by atoms with Gasteiger partial charge in [-0.05, 0) is 83.5 Å². The fraction of sp³-hybridized carbons (Fsp3) is 0.712. The van der Waals surface area contributed by atoms with Crippen molar-refractivity contribution in [3.63, 3.8) is 0 Å². The first kappa shape index (κ1) is 54.9. The molecule has 0 fully saturated rings. The van der Waals surface area contributed by atoms with Crippen LogP contribution in [0.5, 0.6) is 0 Å². The first-order valence-electron chi connectivity index (χ1n) is 24.0. The summed E-state index contributed by atoms with van der Waals surface area (Å²) in [4.78, 5) is 37.7. The topological polar surface area (TPSA) is 78.9 Å². The molecule has 0 aliphatic carbocycles. The molecule has 0 radical (unpaired) electrons. The molecule has 0 aliphatic heterocycles. The van der Waals surface area contributed by atoms with Gasteiger partial charge >= 0.3 is 17.9 Å². The van der Waals surface area contributed by atoms with Crippen molar-refractivity contribution >= 4 is 17.9 Å². The van der Waals surface area contributed by atoms with Gasteiger partial charge in [-0.1, -0.05) is 190 Å². The molecule has 0 aromatic carbocycles. The second-order valence-corrected chi connectivity index (χ2v) is 15.7. The SMILES string of the molecule is CC\C=C/C=C\C=C/CCCCCCCC(=O)OC(COC(=O)CCC/C=C\CCCCCC)COC(=O)CCCCCCC/C=C\C=C/CCCCCCCCC. The molecule has 0 rings (SSSR count). The van der Waals surface area contributed by atoms with Crippen LogP contribution < -0.4 is 0 Å². The molecule has 6 nitrogen and oxygen atoms in total. The second kappa shape index (κ2) is 46.5. The van der Waals surface area contributed by atoms with Crippen molar-refractivity contribution in [2.24, 2.45) is 0 Å². The van der Waals surface area contributed by atoms with Gasteiger partial charge in [-0.3, -0.25) is 14.4 Å². The van der Waals surface area contributed by atoms with E-state index in [1.165, 1.54) is 77.0 Å². The number of unbranched alkanes of at least 4 members (excludes halogenated alkanes) is 22. The zero-order valence-corrected chi connectivity index (χ0v) is 37.8. The highest BCUT2D eigenvalue weighted by atomic mass is 16.6. The number of hydrogen-bond donors (Lipinski definition) is 0. The van der Waals surface area contributed by atoms with Crippen LogP contribution in [0.25, 0.3) is 0 Å². The molecule has 58 heavy (non-hydrogen) atoms. The van der Waals surface area contributed by atoms with Crippen molar-refractivity contribution < 1.29 is 28.6 Å². The first-order chi connectivity index (χ1) is 28.5. The van der Waals surface area contributed by atoms with Gasteiger partial charge in [0.1, 0.15) is 13.2 Å². The average molecular weight is 809 g/mol. The maximum absolute atomic E-state index is 12.7. The summed E-state index contributed by atoms with van der Waals surface area (Å²) in [5, 5.41) is 0. The third kappa shape index (κ3) is 44.0. The average Bonchev–Trinajstić information content (AvgIpc) is 3.22. The van der Waals surface area contributed by atoms with Crippen molar-refractivity contribution in [3.05, 3.63) is 72.9 Å². The predicted octanol–water partition coefficient (Wildman–Crippen LogP) is 15.5. The van der Waals surface area contributed by atoms with E-state index in [1.54, 1.807) is 0 Å². The van der Waals surface area contributed by atoms with Crippen molar-refractivity contribution in [3.8, 4) is 0 Å². The molecule has 0 aromatic rings. The smallest absolute Gasteiger partial charge is 0.306 e. The first-order valence-corrected chi connectivity index (χ1v) is 24.0. The van der Waals surface area contributed by atoms with E-state index in [1.807, 2.05) is 0 Å². The van der Waals surface area contributed by atoms with Crippen LogP contribution in [-0.2, 0) is 28.6 Å². The zero-order valence-electron chi connectivity index (χ0n) is 37.8. The van der Waals surface area contributed by atoms with Gasteiger partial charge in [0.15, 0.2) is 6.10 Å². The molecule has 0 heterocycles. The summed E-state index contributed by atoms with van der Waals surface area (Å²) >= 11 is 0. The predicted molar refractivity (Wildman–Crippen MR) is 247 cm³/mol. The minimum Gasteiger partial charge on any atom is -0.462 e. The molecule has 332 valence electrons. The lowest BCUT2D eigenvalue weighted by Crippen LogP contribution is -2.30. The second-order valence-electron chi connectivity index (χ2n) is 15.7. The van der Waals surface area contributed by atoms with Gasteiger partial charge in [0, 0.05) is 19.3 Å². The van der Waals surface area contributed by atoms with E-state index in [4.69, 9.17) is 14.2 Å². The van der Waals surface area contributed by atoms with Crippen LogP contribution in [0.15, 0.2) is 72.9 Å². The number of rotatable bonds is 42. The monoisotopic (exact) mass is 809 g/mol. The Morgan fingerprint density at radius 1 is 0.362 bits per heavy atom. The van der Waals surface area contributed by atoms with Crippen LogP contribution in [0.3, 0.4) is 0 Å². The molecule has 1 unspecified atom stereocenters. The fourth-order valence-electron chi connectivity index (χ4n) is 6.38. The van der Waals surface area contributed by atoms with E-state index >= 15 is 0 Å². The van der Waals surface area contributed by atoms with Crippen LogP contribution in [0.2, 0.25) is 0 Å². The summed E-state index contributed by atoms with van der Waals surface area (Å²) in [6.45, 7) is 6.39. The Hall–Kier alpha value is -3.15. The van der Waals surface area contributed by atoms with Crippen molar-refractivity contribution in [2.45, 2.75) is 226 Å². The standard InChI is InChI=1S/C52H88O6/c1-4-7-10-13-16-19-21-23-24-25-26-27-29-30-33-36-39-42-45-51(54)57-48-49(47-56-50(53)44-41-38-35-32-18-15-12-9-6-3)58-52(55)46-43-40-37-34-31-28-22-20-17-14-11-8-5-2/h8,11,14,17,20,22,24-27,32,35,49H,4-7,9-10,12-13,15-16,18-19,21,23,28-31,33-34,36-48H2,1-3H3/b11-8-,17-14-,22-20-,25-24-,27-26-,35-32-. The number of carbonyl (C=O) groups excluding carboxylic acids is 3. The van der Waals surface area contributed by atoms with E-state index in [0.29, 0.717) is 25.7 Å². The third-order valence-corrected chi connectivity index (χ3v) is 10.0. The van der Waals surface area contributed by atoms with Crippen LogP contribution in [0, 0.1) is 0 Å². The van der Waals surface area contributed by atoms with Gasteiger partial charge in [0.05, 0.1) is 0 Å². The minimum absolute atomic E-state index is 0.101. The quantitative estimate of drug-likeness (QED) is 0.0201. The molecular formula is C52H88O6. The lowest BCUT2D eigenvalue weighted by molar-refractivity contribution is -0.167. The lowest BCUT2D eigenvalue weighted by atomic mass is 10.1. The lowest BCUT2D eigenvalue weighted by Gasteiger charge is -2.18. The molecule has 0 aromatic heterocycles. The van der Waals surface area contributed by atoms with Crippen molar-refractivity contribution in [1.82, 2.24) is 0 Å². The highest BCUT2D eigenvalue weighted by Gasteiger charge is 2.19. The Morgan fingerprint density at radius 3 is 1.19 bits per heavy atom. The molecule has 0 amide bonds. The number of esters is 3. The Balaban J connectivity index is 4.40. The molecule has 0 N–H and O–H groups in total. The summed E-state index contributed by atoms with van der Waals surface area (Å²) in [7, 11) is 0. The van der Waals surface area contributed by atoms with E-state index in [0.717, 1.165) is 96.3 Å². The molecule has 0 saturated carbocycles. The van der Waals surface area contributed by atoms with Crippen LogP contribution in [0.4, 0.5) is 0 Å². The van der Waals surface area contributed by atoms with Gasteiger partial charge in [-0.15, -0.1) is 0 Å². The summed E-state index contributed by atoms with van der Waals surface area (Å²) < 4.78 is 16.7. The normalized spacial score (nSPS) is 12.7. The fourth-order valence-corrected chi connectivity index (χ4v) is 6.38. The number of allylic oxidation sites excluding steroid dienone is 12. The minimum atomic E-state index is -0.801. The molecule has 1 atom stereocenters. The molecule has 0 aliphatic rings. The Morgan fingerprint density at radius 2 is 0.707 bits per heavy atom. The van der Waals surface area contributed by atoms with Gasteiger partial charge < -0.3 is 14.2 Å². The zero-order chi connectivity index (χ0) is 42.3. The van der Waals surface area contributed by atoms with E-state index < -0.39 is 6.10 Å². The number of hydrogen-bond acceptors (Lipinski definition) is 6. The summed E-state index contributed by atoms with van der Waals surface area (Å²) in [6.07, 6.45) is 57.5. The molecule has 0 spiro atoms. The van der Waals surface area contributed by atoms with Crippen molar-refractivity contribution in [1.29, 1.82) is 0 Å². The van der Waals surface area contributed by atoms with Crippen LogP contribution in [0.1, 0.15) is 220 Å². The Labute approximate surface area is 357 Å². The number of carbonyl (C=O) groups is 3.